The predicted molar refractivity (Wildman–Crippen MR) is 96.0 cm³/mol. The number of hydrogen-bond acceptors (Lipinski definition) is 3. The Hall–Kier alpha value is -2.88. The molecular weight excluding hydrogens is 300 g/mol. The lowest BCUT2D eigenvalue weighted by molar-refractivity contribution is -0.115. The molecule has 1 heterocycles. The fraction of sp³-hybridized carbons (Fsp3) is 0.200. The second-order valence-corrected chi connectivity index (χ2v) is 5.81. The van der Waals surface area contributed by atoms with Crippen LogP contribution >= 0.6 is 0 Å². The average Bonchev–Trinajstić information content (AvgIpc) is 2.91. The normalized spacial score (nSPS) is 15.3. The van der Waals surface area contributed by atoms with E-state index >= 15 is 0 Å². The molecule has 0 saturated carbocycles. The van der Waals surface area contributed by atoms with Crippen molar-refractivity contribution < 1.29 is 9.53 Å². The molecule has 0 atom stereocenters. The first-order chi connectivity index (χ1) is 11.6. The van der Waals surface area contributed by atoms with Gasteiger partial charge in [-0.3, -0.25) is 4.79 Å². The molecule has 0 saturated heterocycles. The van der Waals surface area contributed by atoms with Gasteiger partial charge in [-0.15, -0.1) is 0 Å². The largest absolute Gasteiger partial charge is 0.493 e. The third kappa shape index (κ3) is 3.90. The van der Waals surface area contributed by atoms with Gasteiger partial charge in [0.05, 0.1) is 6.61 Å². The van der Waals surface area contributed by atoms with Gasteiger partial charge in [-0.2, -0.15) is 0 Å². The summed E-state index contributed by atoms with van der Waals surface area (Å²) < 4.78 is 5.64. The van der Waals surface area contributed by atoms with Gasteiger partial charge in [0, 0.05) is 6.42 Å². The van der Waals surface area contributed by atoms with E-state index in [4.69, 9.17) is 4.74 Å². The number of carbonyl (C=O) groups is 1. The first-order valence-electron chi connectivity index (χ1n) is 7.97. The van der Waals surface area contributed by atoms with E-state index in [0.717, 1.165) is 16.9 Å². The quantitative estimate of drug-likeness (QED) is 0.855. The topological polar surface area (TPSA) is 50.7 Å². The minimum Gasteiger partial charge on any atom is -0.493 e. The average molecular weight is 320 g/mol. The number of rotatable bonds is 5. The number of para-hydroxylation sites is 1. The van der Waals surface area contributed by atoms with Crippen LogP contribution in [0.25, 0.3) is 6.08 Å². The number of amidine groups is 1. The van der Waals surface area contributed by atoms with Crippen molar-refractivity contribution in [3.05, 3.63) is 70.9 Å². The zero-order valence-electron chi connectivity index (χ0n) is 13.9. The van der Waals surface area contributed by atoms with Crippen molar-refractivity contribution in [3.63, 3.8) is 0 Å². The summed E-state index contributed by atoms with van der Waals surface area (Å²) in [6.45, 7) is 4.56. The number of amides is 1. The van der Waals surface area contributed by atoms with Gasteiger partial charge in [0.2, 0.25) is 0 Å². The van der Waals surface area contributed by atoms with Crippen molar-refractivity contribution in [2.75, 3.05) is 6.61 Å². The third-order valence-electron chi connectivity index (χ3n) is 3.81. The van der Waals surface area contributed by atoms with Gasteiger partial charge in [-0.05, 0) is 43.2 Å². The molecule has 2 aromatic rings. The van der Waals surface area contributed by atoms with Crippen molar-refractivity contribution in [3.8, 4) is 5.75 Å². The van der Waals surface area contributed by atoms with E-state index in [9.17, 15) is 4.79 Å². The van der Waals surface area contributed by atoms with Gasteiger partial charge >= 0.3 is 0 Å². The van der Waals surface area contributed by atoms with Gasteiger partial charge in [0.15, 0.2) is 0 Å². The Morgan fingerprint density at radius 3 is 2.67 bits per heavy atom. The van der Waals surface area contributed by atoms with E-state index in [2.05, 4.69) is 23.3 Å². The van der Waals surface area contributed by atoms with Crippen molar-refractivity contribution in [1.29, 1.82) is 0 Å². The van der Waals surface area contributed by atoms with Crippen LogP contribution in [0.3, 0.4) is 0 Å². The molecule has 0 radical (unpaired) electrons. The van der Waals surface area contributed by atoms with E-state index in [1.807, 2.05) is 55.5 Å². The molecule has 0 unspecified atom stereocenters. The number of nitrogens with zero attached hydrogens (tertiary/aromatic N) is 1. The maximum Gasteiger partial charge on any atom is 0.275 e. The third-order valence-corrected chi connectivity index (χ3v) is 3.81. The molecule has 4 heteroatoms. The monoisotopic (exact) mass is 320 g/mol. The first kappa shape index (κ1) is 16.0. The summed E-state index contributed by atoms with van der Waals surface area (Å²) in [6, 6.07) is 15.7. The molecule has 3 rings (SSSR count). The Morgan fingerprint density at radius 1 is 1.12 bits per heavy atom. The Kier molecular flexibility index (Phi) is 4.75. The molecule has 122 valence electrons. The van der Waals surface area contributed by atoms with Crippen LogP contribution < -0.4 is 10.1 Å². The van der Waals surface area contributed by atoms with Crippen LogP contribution in [0.4, 0.5) is 0 Å². The second-order valence-electron chi connectivity index (χ2n) is 5.81. The molecule has 1 aliphatic heterocycles. The van der Waals surface area contributed by atoms with Crippen LogP contribution in [0, 0.1) is 13.8 Å². The molecule has 0 fully saturated rings. The summed E-state index contributed by atoms with van der Waals surface area (Å²) in [4.78, 5) is 16.5. The lowest BCUT2D eigenvalue weighted by atomic mass is 10.0. The summed E-state index contributed by atoms with van der Waals surface area (Å²) >= 11 is 0. The number of benzene rings is 2. The molecule has 4 nitrogen and oxygen atoms in total. The molecule has 0 spiro atoms. The molecule has 2 aromatic carbocycles. The summed E-state index contributed by atoms with van der Waals surface area (Å²) in [7, 11) is 0. The number of aliphatic imine (C=N–C) groups is 1. The molecule has 0 bridgehead atoms. The van der Waals surface area contributed by atoms with Crippen LogP contribution in [-0.2, 0) is 4.79 Å². The molecule has 1 aliphatic rings. The van der Waals surface area contributed by atoms with Gasteiger partial charge in [0.1, 0.15) is 17.3 Å². The Labute approximate surface area is 141 Å². The fourth-order valence-electron chi connectivity index (χ4n) is 2.55. The summed E-state index contributed by atoms with van der Waals surface area (Å²) in [5, 5.41) is 2.80. The summed E-state index contributed by atoms with van der Waals surface area (Å²) in [5.41, 5.74) is 3.78. The molecule has 24 heavy (non-hydrogen) atoms. The fourth-order valence-corrected chi connectivity index (χ4v) is 2.55. The maximum absolute atomic E-state index is 12.1. The van der Waals surface area contributed by atoms with Crippen LogP contribution in [0.15, 0.2) is 59.2 Å². The van der Waals surface area contributed by atoms with E-state index in [1.165, 1.54) is 5.56 Å². The smallest absolute Gasteiger partial charge is 0.275 e. The van der Waals surface area contributed by atoms with Crippen molar-refractivity contribution in [1.82, 2.24) is 5.32 Å². The van der Waals surface area contributed by atoms with Gasteiger partial charge in [-0.1, -0.05) is 42.0 Å². The summed E-state index contributed by atoms with van der Waals surface area (Å²) in [5.74, 6) is 1.30. The van der Waals surface area contributed by atoms with Gasteiger partial charge < -0.3 is 10.1 Å². The lowest BCUT2D eigenvalue weighted by Gasteiger charge is -2.05. The number of ether oxygens (including phenoxy) is 1. The predicted octanol–water partition coefficient (Wildman–Crippen LogP) is 3.64. The number of nitrogens with one attached hydrogen (secondary N) is 1. The first-order valence-corrected chi connectivity index (χ1v) is 7.97. The second kappa shape index (κ2) is 7.13. The van der Waals surface area contributed by atoms with Crippen molar-refractivity contribution >= 4 is 17.8 Å². The van der Waals surface area contributed by atoms with Crippen LogP contribution in [0.5, 0.6) is 5.75 Å². The van der Waals surface area contributed by atoms with Crippen molar-refractivity contribution in [2.24, 2.45) is 4.99 Å². The highest BCUT2D eigenvalue weighted by atomic mass is 16.5. The number of aryl methyl sites for hydroxylation is 2. The molecule has 1 amide bonds. The van der Waals surface area contributed by atoms with Gasteiger partial charge in [-0.25, -0.2) is 4.99 Å². The van der Waals surface area contributed by atoms with E-state index in [-0.39, 0.29) is 5.91 Å². The van der Waals surface area contributed by atoms with Crippen LogP contribution in [-0.4, -0.2) is 18.3 Å². The summed E-state index contributed by atoms with van der Waals surface area (Å²) in [6.07, 6.45) is 2.39. The zero-order chi connectivity index (χ0) is 16.9. The highest BCUT2D eigenvalue weighted by Gasteiger charge is 2.19. The lowest BCUT2D eigenvalue weighted by Crippen LogP contribution is -2.25. The minimum atomic E-state index is -0.162. The molecule has 0 aliphatic carbocycles. The van der Waals surface area contributed by atoms with Crippen molar-refractivity contribution in [2.45, 2.75) is 20.3 Å². The maximum atomic E-state index is 12.1. The highest BCUT2D eigenvalue weighted by molar-refractivity contribution is 6.14. The van der Waals surface area contributed by atoms with Gasteiger partial charge in [0.25, 0.3) is 5.91 Å². The van der Waals surface area contributed by atoms with E-state index < -0.39 is 0 Å². The number of hydrogen-bond donors (Lipinski definition) is 1. The molecule has 0 aromatic heterocycles. The SMILES string of the molecule is Cc1ccc(/C=C2\N=C(CCOc3ccccc3)NC2=O)c(C)c1. The number of carbonyl (C=O) groups excluding carboxylic acids is 1. The van der Waals surface area contributed by atoms with E-state index in [0.29, 0.717) is 24.6 Å². The Bertz CT molecular complexity index is 808. The molecular formula is C20H20N2O2. The minimum absolute atomic E-state index is 0.162. The van der Waals surface area contributed by atoms with Crippen LogP contribution in [0.2, 0.25) is 0 Å². The Balaban J connectivity index is 1.65. The standard InChI is InChI=1S/C20H20N2O2/c1-14-8-9-16(15(2)12-14)13-18-20(23)22-19(21-18)10-11-24-17-6-4-3-5-7-17/h3-9,12-13H,10-11H2,1-2H3,(H,21,22,23)/b18-13-. The zero-order valence-corrected chi connectivity index (χ0v) is 13.9. The van der Waals surface area contributed by atoms with Crippen LogP contribution in [0.1, 0.15) is 23.1 Å². The highest BCUT2D eigenvalue weighted by Crippen LogP contribution is 2.17. The van der Waals surface area contributed by atoms with E-state index in [1.54, 1.807) is 0 Å². The Morgan fingerprint density at radius 2 is 1.92 bits per heavy atom. The molecule has 1 N–H and O–H groups in total.